The largest absolute Gasteiger partial charge is 0.493 e. The zero-order valence-corrected chi connectivity index (χ0v) is 19.5. The summed E-state index contributed by atoms with van der Waals surface area (Å²) in [6.45, 7) is 2.16. The number of carboxylic acids is 1. The van der Waals surface area contributed by atoms with E-state index in [2.05, 4.69) is 0 Å². The van der Waals surface area contributed by atoms with Crippen LogP contribution in [-0.2, 0) is 22.5 Å². The van der Waals surface area contributed by atoms with Gasteiger partial charge in [0.1, 0.15) is 11.9 Å². The molecule has 0 aliphatic carbocycles. The smallest absolute Gasteiger partial charge is 0.411 e. The van der Waals surface area contributed by atoms with Gasteiger partial charge in [0.2, 0.25) is 0 Å². The maximum Gasteiger partial charge on any atom is 0.411 e. The molecule has 0 aromatic heterocycles. The van der Waals surface area contributed by atoms with E-state index in [4.69, 9.17) is 30.9 Å². The van der Waals surface area contributed by atoms with Gasteiger partial charge in [0.15, 0.2) is 11.5 Å². The quantitative estimate of drug-likeness (QED) is 0.434. The Balaban J connectivity index is 1.61. The van der Waals surface area contributed by atoms with Crippen LogP contribution in [0, 0.1) is 0 Å². The molecule has 1 unspecified atom stereocenters. The monoisotopic (exact) mass is 481 g/mol. The summed E-state index contributed by atoms with van der Waals surface area (Å²) in [4.78, 5) is 25.5. The topological polar surface area (TPSA) is 85.3 Å². The lowest BCUT2D eigenvalue weighted by molar-refractivity contribution is -0.136. The first kappa shape index (κ1) is 23.4. The average molecular weight is 482 g/mol. The van der Waals surface area contributed by atoms with Gasteiger partial charge < -0.3 is 19.3 Å². The van der Waals surface area contributed by atoms with Crippen molar-refractivity contribution < 1.29 is 28.9 Å². The molecule has 1 saturated heterocycles. The summed E-state index contributed by atoms with van der Waals surface area (Å²) >= 11 is 6.26. The Morgan fingerprint density at radius 2 is 1.79 bits per heavy atom. The van der Waals surface area contributed by atoms with Crippen LogP contribution in [0.1, 0.15) is 29.7 Å². The van der Waals surface area contributed by atoms with Crippen molar-refractivity contribution in [1.82, 2.24) is 4.90 Å². The molecule has 34 heavy (non-hydrogen) atoms. The molecule has 2 atom stereocenters. The van der Waals surface area contributed by atoms with Gasteiger partial charge in [-0.1, -0.05) is 48.0 Å². The summed E-state index contributed by atoms with van der Waals surface area (Å²) in [6, 6.07) is 19.5. The fraction of sp³-hybridized carbons (Fsp3) is 0.231. The molecule has 0 radical (unpaired) electrons. The van der Waals surface area contributed by atoms with Crippen molar-refractivity contribution in [1.29, 1.82) is 0 Å². The van der Waals surface area contributed by atoms with Crippen molar-refractivity contribution in [3.05, 3.63) is 88.4 Å². The number of halogens is 1. The zero-order chi connectivity index (χ0) is 24.2. The number of amides is 1. The minimum absolute atomic E-state index is 0.147. The van der Waals surface area contributed by atoms with Crippen LogP contribution in [0.4, 0.5) is 4.79 Å². The number of hydrogen-bond donors (Lipinski definition) is 1. The third-order valence-electron chi connectivity index (χ3n) is 5.69. The number of methoxy groups -OCH3 is 1. The van der Waals surface area contributed by atoms with Crippen molar-refractivity contribution in [3.8, 4) is 17.2 Å². The number of aliphatic carboxylic acids is 1. The lowest BCUT2D eigenvalue weighted by atomic mass is 10.0. The third kappa shape index (κ3) is 5.10. The van der Waals surface area contributed by atoms with E-state index >= 15 is 0 Å². The fourth-order valence-electron chi connectivity index (χ4n) is 3.96. The molecule has 176 valence electrons. The van der Waals surface area contributed by atoms with Crippen LogP contribution < -0.4 is 9.47 Å². The number of carboxylic acid groups (broad SMARTS) is 1. The van der Waals surface area contributed by atoms with Crippen LogP contribution in [0.5, 0.6) is 17.2 Å². The molecule has 7 nitrogen and oxygen atoms in total. The molecule has 1 amide bonds. The lowest BCUT2D eigenvalue weighted by Crippen LogP contribution is -2.31. The second kappa shape index (κ2) is 10.1. The summed E-state index contributed by atoms with van der Waals surface area (Å²) < 4.78 is 17.2. The Kier molecular flexibility index (Phi) is 6.93. The average Bonchev–Trinajstić information content (AvgIpc) is 3.09. The standard InChI is InChI=1S/C26H24ClNO6/c1-16-25(18-6-4-3-5-7-18)34-26(31)28(16)15-19-14-20(27)9-11-21(19)33-23-12-17(13-24(29)30)8-10-22(23)32-2/h3-12,14,16,25H,13,15H2,1-2H3,(H,29,30)/t16-,25?/m0/s1. The minimum atomic E-state index is -0.946. The maximum atomic E-state index is 12.7. The second-order valence-corrected chi connectivity index (χ2v) is 8.43. The number of cyclic esters (lactones) is 1. The molecular formula is C26H24ClNO6. The van der Waals surface area contributed by atoms with Crippen LogP contribution in [-0.4, -0.2) is 35.2 Å². The number of ether oxygens (including phenoxy) is 3. The molecule has 1 aliphatic rings. The Hall–Kier alpha value is -3.71. The van der Waals surface area contributed by atoms with Gasteiger partial charge in [0.05, 0.1) is 26.1 Å². The normalized spacial score (nSPS) is 17.4. The minimum Gasteiger partial charge on any atom is -0.493 e. The summed E-state index contributed by atoms with van der Waals surface area (Å²) in [5.74, 6) is 0.341. The predicted molar refractivity (Wildman–Crippen MR) is 127 cm³/mol. The first-order valence-electron chi connectivity index (χ1n) is 10.7. The summed E-state index contributed by atoms with van der Waals surface area (Å²) in [5.41, 5.74) is 2.17. The molecule has 1 aliphatic heterocycles. The van der Waals surface area contributed by atoms with Gasteiger partial charge in [0.25, 0.3) is 0 Å². The Bertz CT molecular complexity index is 1200. The summed E-state index contributed by atoms with van der Waals surface area (Å²) in [5, 5.41) is 9.62. The fourth-order valence-corrected chi connectivity index (χ4v) is 4.16. The van der Waals surface area contributed by atoms with E-state index in [0.29, 0.717) is 33.4 Å². The van der Waals surface area contributed by atoms with Gasteiger partial charge in [-0.05, 0) is 48.4 Å². The third-order valence-corrected chi connectivity index (χ3v) is 5.92. The van der Waals surface area contributed by atoms with Crippen LogP contribution >= 0.6 is 11.6 Å². The van der Waals surface area contributed by atoms with Gasteiger partial charge in [0, 0.05) is 10.6 Å². The zero-order valence-electron chi connectivity index (χ0n) is 18.7. The number of nitrogens with zero attached hydrogens (tertiary/aromatic N) is 1. The number of carbonyl (C=O) groups is 2. The molecule has 3 aromatic rings. The van der Waals surface area contributed by atoms with Crippen molar-refractivity contribution in [2.75, 3.05) is 7.11 Å². The van der Waals surface area contributed by atoms with Gasteiger partial charge in [-0.3, -0.25) is 9.69 Å². The molecular weight excluding hydrogens is 458 g/mol. The first-order valence-corrected chi connectivity index (χ1v) is 11.1. The number of carbonyl (C=O) groups excluding carboxylic acids is 1. The Morgan fingerprint density at radius 3 is 2.50 bits per heavy atom. The van der Waals surface area contributed by atoms with Crippen molar-refractivity contribution >= 4 is 23.7 Å². The van der Waals surface area contributed by atoms with Crippen LogP contribution in [0.25, 0.3) is 0 Å². The van der Waals surface area contributed by atoms with Gasteiger partial charge >= 0.3 is 12.1 Å². The van der Waals surface area contributed by atoms with Crippen molar-refractivity contribution in [2.45, 2.75) is 32.0 Å². The molecule has 1 heterocycles. The van der Waals surface area contributed by atoms with Crippen molar-refractivity contribution in [2.24, 2.45) is 0 Å². The number of hydrogen-bond acceptors (Lipinski definition) is 5. The van der Waals surface area contributed by atoms with E-state index in [1.807, 2.05) is 37.3 Å². The molecule has 0 spiro atoms. The SMILES string of the molecule is COc1ccc(CC(=O)O)cc1Oc1ccc(Cl)cc1CN1C(=O)OC(c2ccccc2)[C@@H]1C. The number of benzene rings is 3. The number of rotatable bonds is 8. The van der Waals surface area contributed by atoms with E-state index in [0.717, 1.165) is 5.56 Å². The highest BCUT2D eigenvalue weighted by Crippen LogP contribution is 2.38. The second-order valence-electron chi connectivity index (χ2n) is 7.99. The van der Waals surface area contributed by atoms with Gasteiger partial charge in [-0.2, -0.15) is 0 Å². The van der Waals surface area contributed by atoms with E-state index in [1.54, 1.807) is 41.3 Å². The molecule has 4 rings (SSSR count). The van der Waals surface area contributed by atoms with E-state index in [1.165, 1.54) is 7.11 Å². The highest BCUT2D eigenvalue weighted by molar-refractivity contribution is 6.30. The molecule has 3 aromatic carbocycles. The van der Waals surface area contributed by atoms with Crippen LogP contribution in [0.15, 0.2) is 66.7 Å². The molecule has 1 N–H and O–H groups in total. The van der Waals surface area contributed by atoms with Crippen LogP contribution in [0.2, 0.25) is 5.02 Å². The molecule has 0 saturated carbocycles. The van der Waals surface area contributed by atoms with E-state index in [-0.39, 0.29) is 25.1 Å². The van der Waals surface area contributed by atoms with Gasteiger partial charge in [-0.15, -0.1) is 0 Å². The predicted octanol–water partition coefficient (Wildman–Crippen LogP) is 5.85. The molecule has 1 fully saturated rings. The Labute approximate surface area is 202 Å². The molecule has 0 bridgehead atoms. The highest BCUT2D eigenvalue weighted by Gasteiger charge is 2.39. The molecule has 8 heteroatoms. The van der Waals surface area contributed by atoms with Crippen molar-refractivity contribution in [3.63, 3.8) is 0 Å². The Morgan fingerprint density at radius 1 is 1.06 bits per heavy atom. The lowest BCUT2D eigenvalue weighted by Gasteiger charge is -2.22. The highest BCUT2D eigenvalue weighted by atomic mass is 35.5. The summed E-state index contributed by atoms with van der Waals surface area (Å²) in [7, 11) is 1.51. The van der Waals surface area contributed by atoms with Crippen LogP contribution in [0.3, 0.4) is 0 Å². The van der Waals surface area contributed by atoms with Gasteiger partial charge in [-0.25, -0.2) is 4.79 Å². The summed E-state index contributed by atoms with van der Waals surface area (Å²) in [6.07, 6.45) is -0.954. The van der Waals surface area contributed by atoms with E-state index < -0.39 is 12.1 Å². The maximum absolute atomic E-state index is 12.7. The first-order chi connectivity index (χ1) is 16.4. The van der Waals surface area contributed by atoms with E-state index in [9.17, 15) is 9.59 Å².